The standard InChI is InChI=1S/C12H13F2N3/c1-17-6-12(16-7-17)11(15)4-8-2-9(13)5-10(14)3-8/h2-3,5-7,11H,4,15H2,1H3. The number of nitrogens with two attached hydrogens (primary N) is 1. The molecule has 0 aliphatic rings. The second kappa shape index (κ2) is 4.63. The molecule has 0 bridgehead atoms. The van der Waals surface area contributed by atoms with Gasteiger partial charge in [0, 0.05) is 19.3 Å². The Bertz CT molecular complexity index is 502. The van der Waals surface area contributed by atoms with Crippen molar-refractivity contribution in [3.05, 3.63) is 53.6 Å². The molecule has 0 saturated carbocycles. The topological polar surface area (TPSA) is 43.8 Å². The Morgan fingerprint density at radius 1 is 1.29 bits per heavy atom. The van der Waals surface area contributed by atoms with E-state index in [0.29, 0.717) is 17.7 Å². The van der Waals surface area contributed by atoms with Crippen molar-refractivity contribution in [1.29, 1.82) is 0 Å². The lowest BCUT2D eigenvalue weighted by Gasteiger charge is -2.09. The molecule has 1 heterocycles. The molecule has 1 aromatic carbocycles. The maximum atomic E-state index is 13.0. The number of imidazole rings is 1. The first-order valence-electron chi connectivity index (χ1n) is 5.23. The Labute approximate surface area is 97.9 Å². The molecule has 0 spiro atoms. The number of benzene rings is 1. The zero-order valence-electron chi connectivity index (χ0n) is 9.40. The SMILES string of the molecule is Cn1cnc(C(N)Cc2cc(F)cc(F)c2)c1. The molecule has 2 N–H and O–H groups in total. The number of halogens is 2. The molecule has 2 aromatic rings. The molecular formula is C12H13F2N3. The van der Waals surface area contributed by atoms with Crippen LogP contribution in [0.4, 0.5) is 8.78 Å². The van der Waals surface area contributed by atoms with Crippen molar-refractivity contribution in [2.75, 3.05) is 0 Å². The van der Waals surface area contributed by atoms with E-state index in [4.69, 9.17) is 5.73 Å². The van der Waals surface area contributed by atoms with Gasteiger partial charge in [0.15, 0.2) is 0 Å². The summed E-state index contributed by atoms with van der Waals surface area (Å²) in [6.45, 7) is 0. The van der Waals surface area contributed by atoms with E-state index in [0.717, 1.165) is 6.07 Å². The number of hydrogen-bond acceptors (Lipinski definition) is 2. The molecule has 90 valence electrons. The summed E-state index contributed by atoms with van der Waals surface area (Å²) < 4.78 is 27.7. The van der Waals surface area contributed by atoms with E-state index in [9.17, 15) is 8.78 Å². The van der Waals surface area contributed by atoms with Crippen LogP contribution in [0.3, 0.4) is 0 Å². The van der Waals surface area contributed by atoms with E-state index in [-0.39, 0.29) is 6.04 Å². The maximum Gasteiger partial charge on any atom is 0.126 e. The fourth-order valence-corrected chi connectivity index (χ4v) is 1.71. The Balaban J connectivity index is 2.15. The monoisotopic (exact) mass is 237 g/mol. The minimum Gasteiger partial charge on any atom is -0.340 e. The Morgan fingerprint density at radius 3 is 2.47 bits per heavy atom. The van der Waals surface area contributed by atoms with Gasteiger partial charge in [0.1, 0.15) is 11.6 Å². The fraction of sp³-hybridized carbons (Fsp3) is 0.250. The summed E-state index contributed by atoms with van der Waals surface area (Å²) in [5.41, 5.74) is 7.15. The van der Waals surface area contributed by atoms with Crippen molar-refractivity contribution in [2.45, 2.75) is 12.5 Å². The lowest BCUT2D eigenvalue weighted by molar-refractivity contribution is 0.576. The van der Waals surface area contributed by atoms with Crippen LogP contribution in [0.25, 0.3) is 0 Å². The minimum atomic E-state index is -0.590. The van der Waals surface area contributed by atoms with Gasteiger partial charge in [0.2, 0.25) is 0 Å². The van der Waals surface area contributed by atoms with Crippen molar-refractivity contribution in [3.8, 4) is 0 Å². The summed E-state index contributed by atoms with van der Waals surface area (Å²) in [4.78, 5) is 4.11. The average Bonchev–Trinajstić information content (AvgIpc) is 2.63. The lowest BCUT2D eigenvalue weighted by Crippen LogP contribution is -2.14. The first-order chi connectivity index (χ1) is 8.04. The van der Waals surface area contributed by atoms with Crippen LogP contribution >= 0.6 is 0 Å². The van der Waals surface area contributed by atoms with Gasteiger partial charge in [0.25, 0.3) is 0 Å². The van der Waals surface area contributed by atoms with Crippen LogP contribution in [-0.2, 0) is 13.5 Å². The highest BCUT2D eigenvalue weighted by atomic mass is 19.1. The molecule has 0 aliphatic heterocycles. The van der Waals surface area contributed by atoms with Crippen molar-refractivity contribution in [3.63, 3.8) is 0 Å². The molecular weight excluding hydrogens is 224 g/mol. The van der Waals surface area contributed by atoms with Crippen molar-refractivity contribution in [1.82, 2.24) is 9.55 Å². The highest BCUT2D eigenvalue weighted by Gasteiger charge is 2.11. The zero-order chi connectivity index (χ0) is 12.4. The number of rotatable bonds is 3. The third kappa shape index (κ3) is 2.88. The van der Waals surface area contributed by atoms with Gasteiger partial charge in [-0.1, -0.05) is 0 Å². The Morgan fingerprint density at radius 2 is 1.94 bits per heavy atom. The predicted octanol–water partition coefficient (Wildman–Crippen LogP) is 1.94. The molecule has 2 rings (SSSR count). The fourth-order valence-electron chi connectivity index (χ4n) is 1.71. The predicted molar refractivity (Wildman–Crippen MR) is 60.2 cm³/mol. The van der Waals surface area contributed by atoms with Crippen LogP contribution < -0.4 is 5.73 Å². The first kappa shape index (κ1) is 11.7. The second-order valence-electron chi connectivity index (χ2n) is 4.05. The number of hydrogen-bond donors (Lipinski definition) is 1. The van der Waals surface area contributed by atoms with Crippen LogP contribution in [0.15, 0.2) is 30.7 Å². The third-order valence-electron chi connectivity index (χ3n) is 2.48. The molecule has 1 atom stereocenters. The van der Waals surface area contributed by atoms with Gasteiger partial charge in [-0.2, -0.15) is 0 Å². The summed E-state index contributed by atoms with van der Waals surface area (Å²) >= 11 is 0. The highest BCUT2D eigenvalue weighted by molar-refractivity contribution is 5.20. The van der Waals surface area contributed by atoms with E-state index >= 15 is 0 Å². The Hall–Kier alpha value is -1.75. The molecule has 0 aliphatic carbocycles. The highest BCUT2D eigenvalue weighted by Crippen LogP contribution is 2.16. The van der Waals surface area contributed by atoms with E-state index in [1.54, 1.807) is 17.1 Å². The van der Waals surface area contributed by atoms with E-state index in [1.165, 1.54) is 12.1 Å². The Kier molecular flexibility index (Phi) is 3.19. The van der Waals surface area contributed by atoms with Gasteiger partial charge < -0.3 is 10.3 Å². The normalized spacial score (nSPS) is 12.7. The van der Waals surface area contributed by atoms with E-state index in [1.807, 2.05) is 7.05 Å². The van der Waals surface area contributed by atoms with Gasteiger partial charge >= 0.3 is 0 Å². The molecule has 3 nitrogen and oxygen atoms in total. The maximum absolute atomic E-state index is 13.0. The largest absolute Gasteiger partial charge is 0.340 e. The third-order valence-corrected chi connectivity index (χ3v) is 2.48. The van der Waals surface area contributed by atoms with Gasteiger partial charge in [-0.05, 0) is 24.1 Å². The second-order valence-corrected chi connectivity index (χ2v) is 4.05. The molecule has 1 aromatic heterocycles. The van der Waals surface area contributed by atoms with Gasteiger partial charge in [-0.3, -0.25) is 0 Å². The summed E-state index contributed by atoms with van der Waals surface area (Å²) in [6, 6.07) is 3.05. The van der Waals surface area contributed by atoms with Crippen LogP contribution in [-0.4, -0.2) is 9.55 Å². The molecule has 0 radical (unpaired) electrons. The molecule has 17 heavy (non-hydrogen) atoms. The molecule has 1 unspecified atom stereocenters. The van der Waals surface area contributed by atoms with Crippen molar-refractivity contribution >= 4 is 0 Å². The molecule has 5 heteroatoms. The van der Waals surface area contributed by atoms with Gasteiger partial charge in [-0.25, -0.2) is 13.8 Å². The number of aryl methyl sites for hydroxylation is 1. The molecule has 0 amide bonds. The van der Waals surface area contributed by atoms with Crippen LogP contribution in [0.2, 0.25) is 0 Å². The minimum absolute atomic E-state index is 0.353. The average molecular weight is 237 g/mol. The van der Waals surface area contributed by atoms with Gasteiger partial charge in [0.05, 0.1) is 18.1 Å². The van der Waals surface area contributed by atoms with Crippen molar-refractivity contribution in [2.24, 2.45) is 12.8 Å². The summed E-state index contributed by atoms with van der Waals surface area (Å²) in [6.07, 6.45) is 3.79. The smallest absolute Gasteiger partial charge is 0.126 e. The zero-order valence-corrected chi connectivity index (χ0v) is 9.40. The van der Waals surface area contributed by atoms with E-state index in [2.05, 4.69) is 4.98 Å². The first-order valence-corrected chi connectivity index (χ1v) is 5.23. The molecule has 0 saturated heterocycles. The van der Waals surface area contributed by atoms with Crippen LogP contribution in [0, 0.1) is 11.6 Å². The summed E-state index contributed by atoms with van der Waals surface area (Å²) in [5.74, 6) is -1.18. The summed E-state index contributed by atoms with van der Waals surface area (Å²) in [5, 5.41) is 0. The van der Waals surface area contributed by atoms with Crippen LogP contribution in [0.1, 0.15) is 17.3 Å². The summed E-state index contributed by atoms with van der Waals surface area (Å²) in [7, 11) is 1.84. The quantitative estimate of drug-likeness (QED) is 0.886. The van der Waals surface area contributed by atoms with Gasteiger partial charge in [-0.15, -0.1) is 0 Å². The number of aromatic nitrogens is 2. The molecule has 0 fully saturated rings. The lowest BCUT2D eigenvalue weighted by atomic mass is 10.0. The van der Waals surface area contributed by atoms with Crippen LogP contribution in [0.5, 0.6) is 0 Å². The number of nitrogens with zero attached hydrogens (tertiary/aromatic N) is 2. The van der Waals surface area contributed by atoms with Crippen molar-refractivity contribution < 1.29 is 8.78 Å². The van der Waals surface area contributed by atoms with E-state index < -0.39 is 11.6 Å².